The summed E-state index contributed by atoms with van der Waals surface area (Å²) < 4.78 is 6.35. The third-order valence-electron chi connectivity index (χ3n) is 5.03. The van der Waals surface area contributed by atoms with Gasteiger partial charge in [-0.3, -0.25) is 14.7 Å². The minimum absolute atomic E-state index is 0.0809. The van der Waals surface area contributed by atoms with Crippen molar-refractivity contribution in [2.24, 2.45) is 0 Å². The van der Waals surface area contributed by atoms with Crippen LogP contribution in [0, 0.1) is 6.92 Å². The fourth-order valence-electron chi connectivity index (χ4n) is 3.25. The fourth-order valence-corrected chi connectivity index (χ4v) is 5.07. The molecule has 0 aliphatic rings. The average Bonchev–Trinajstić information content (AvgIpc) is 3.25. The van der Waals surface area contributed by atoms with Crippen molar-refractivity contribution in [2.45, 2.75) is 31.2 Å². The van der Waals surface area contributed by atoms with Gasteiger partial charge in [0.1, 0.15) is 5.75 Å². The zero-order valence-corrected chi connectivity index (χ0v) is 19.8. The lowest BCUT2D eigenvalue weighted by Gasteiger charge is -2.20. The number of anilines is 1. The number of aromatic nitrogens is 2. The van der Waals surface area contributed by atoms with E-state index in [0.717, 1.165) is 33.7 Å². The molecule has 2 heterocycles. The molecule has 0 fully saturated rings. The number of hydrogen-bond donors (Lipinski definition) is 0. The second kappa shape index (κ2) is 10.6. The number of aryl methyl sites for hydroxylation is 1. The van der Waals surface area contributed by atoms with Crippen LogP contribution in [0.4, 0.5) is 5.13 Å². The van der Waals surface area contributed by atoms with Crippen LogP contribution < -0.4 is 9.64 Å². The van der Waals surface area contributed by atoms with E-state index in [9.17, 15) is 4.79 Å². The van der Waals surface area contributed by atoms with E-state index in [4.69, 9.17) is 9.72 Å². The highest BCUT2D eigenvalue weighted by Gasteiger charge is 2.20. The summed E-state index contributed by atoms with van der Waals surface area (Å²) in [5, 5.41) is 0.709. The molecule has 0 spiro atoms. The average molecular weight is 464 g/mol. The zero-order chi connectivity index (χ0) is 22.3. The number of thiazole rings is 1. The Hall–Kier alpha value is -2.90. The zero-order valence-electron chi connectivity index (χ0n) is 18.2. The van der Waals surface area contributed by atoms with Gasteiger partial charge >= 0.3 is 0 Å². The maximum Gasteiger partial charge on any atom is 0.229 e. The highest BCUT2D eigenvalue weighted by Crippen LogP contribution is 2.32. The first kappa shape index (κ1) is 22.3. The van der Waals surface area contributed by atoms with Gasteiger partial charge < -0.3 is 4.74 Å². The smallest absolute Gasteiger partial charge is 0.229 e. The first-order chi connectivity index (χ1) is 15.6. The SMILES string of the molecule is COc1ccc2sc(N(Cc3ccncc3)C(=O)CCCSc3ccc(C)cc3)nc2c1. The molecular weight excluding hydrogens is 438 g/mol. The van der Waals surface area contributed by atoms with Crippen molar-refractivity contribution < 1.29 is 9.53 Å². The van der Waals surface area contributed by atoms with Crippen molar-refractivity contribution in [3.8, 4) is 5.75 Å². The number of nitrogens with zero attached hydrogens (tertiary/aromatic N) is 3. The Labute approximate surface area is 196 Å². The largest absolute Gasteiger partial charge is 0.497 e. The van der Waals surface area contributed by atoms with E-state index in [1.807, 2.05) is 30.3 Å². The summed E-state index contributed by atoms with van der Waals surface area (Å²) in [7, 11) is 1.64. The van der Waals surface area contributed by atoms with Gasteiger partial charge in [0.05, 0.1) is 23.9 Å². The molecule has 0 saturated heterocycles. The summed E-state index contributed by atoms with van der Waals surface area (Å²) in [5.41, 5.74) is 3.12. The number of carbonyl (C=O) groups excluding carboxylic acids is 1. The Kier molecular flexibility index (Phi) is 7.39. The van der Waals surface area contributed by atoms with Gasteiger partial charge in [0.15, 0.2) is 5.13 Å². The molecule has 5 nitrogen and oxygen atoms in total. The van der Waals surface area contributed by atoms with Crippen LogP contribution >= 0.6 is 23.1 Å². The van der Waals surface area contributed by atoms with E-state index in [1.54, 1.807) is 36.2 Å². The Balaban J connectivity index is 1.47. The molecule has 0 atom stereocenters. The van der Waals surface area contributed by atoms with Crippen molar-refractivity contribution in [1.82, 2.24) is 9.97 Å². The molecule has 0 N–H and O–H groups in total. The molecule has 0 bridgehead atoms. The number of ether oxygens (including phenoxy) is 1. The van der Waals surface area contributed by atoms with E-state index < -0.39 is 0 Å². The van der Waals surface area contributed by atoms with Crippen molar-refractivity contribution >= 4 is 44.4 Å². The molecule has 0 aliphatic carbocycles. The molecule has 0 unspecified atom stereocenters. The number of thioether (sulfide) groups is 1. The molecule has 164 valence electrons. The van der Waals surface area contributed by atoms with E-state index >= 15 is 0 Å². The van der Waals surface area contributed by atoms with Crippen molar-refractivity contribution in [2.75, 3.05) is 17.8 Å². The number of methoxy groups -OCH3 is 1. The number of pyridine rings is 1. The summed E-state index contributed by atoms with van der Waals surface area (Å²) in [5.74, 6) is 1.74. The normalized spacial score (nSPS) is 10.9. The molecule has 32 heavy (non-hydrogen) atoms. The number of carbonyl (C=O) groups is 1. The van der Waals surface area contributed by atoms with Crippen LogP contribution in [0.5, 0.6) is 5.75 Å². The first-order valence-corrected chi connectivity index (χ1v) is 12.3. The van der Waals surface area contributed by atoms with Crippen molar-refractivity contribution in [3.63, 3.8) is 0 Å². The number of rotatable bonds is 9. The lowest BCUT2D eigenvalue weighted by atomic mass is 10.2. The van der Waals surface area contributed by atoms with E-state index in [-0.39, 0.29) is 5.91 Å². The van der Waals surface area contributed by atoms with Crippen LogP contribution in [0.3, 0.4) is 0 Å². The standard InChI is InChI=1S/C25H25N3O2S2/c1-18-5-8-21(9-6-18)31-15-3-4-24(29)28(17-19-11-13-26-14-12-19)25-27-22-16-20(30-2)7-10-23(22)32-25/h5-14,16H,3-4,15,17H2,1-2H3. The maximum absolute atomic E-state index is 13.2. The van der Waals surface area contributed by atoms with Gasteiger partial charge in [-0.15, -0.1) is 11.8 Å². The second-order valence-electron chi connectivity index (χ2n) is 7.43. The summed E-state index contributed by atoms with van der Waals surface area (Å²) in [6.07, 6.45) is 4.78. The Morgan fingerprint density at radius 1 is 1.09 bits per heavy atom. The summed E-state index contributed by atoms with van der Waals surface area (Å²) in [6, 6.07) is 18.2. The third-order valence-corrected chi connectivity index (χ3v) is 7.19. The van der Waals surface area contributed by atoms with E-state index in [0.29, 0.717) is 18.1 Å². The van der Waals surface area contributed by atoms with E-state index in [1.165, 1.54) is 21.8 Å². The van der Waals surface area contributed by atoms with Gasteiger partial charge in [-0.05, 0) is 61.1 Å². The molecule has 2 aromatic carbocycles. The molecule has 2 aromatic heterocycles. The Bertz CT molecular complexity index is 1180. The fraction of sp³-hybridized carbons (Fsp3) is 0.240. The minimum Gasteiger partial charge on any atom is -0.497 e. The Morgan fingerprint density at radius 3 is 2.62 bits per heavy atom. The van der Waals surface area contributed by atoms with Crippen LogP contribution in [-0.2, 0) is 11.3 Å². The van der Waals surface area contributed by atoms with Crippen LogP contribution in [-0.4, -0.2) is 28.7 Å². The van der Waals surface area contributed by atoms with E-state index in [2.05, 4.69) is 36.2 Å². The number of hydrogen-bond acceptors (Lipinski definition) is 6. The molecule has 4 rings (SSSR count). The molecule has 4 aromatic rings. The molecular formula is C25H25N3O2S2. The van der Waals surface area contributed by atoms with Gasteiger partial charge in [0, 0.05) is 29.8 Å². The van der Waals surface area contributed by atoms with Gasteiger partial charge in [0.2, 0.25) is 5.91 Å². The molecule has 0 saturated carbocycles. The summed E-state index contributed by atoms with van der Waals surface area (Å²) in [6.45, 7) is 2.56. The highest BCUT2D eigenvalue weighted by molar-refractivity contribution is 7.99. The van der Waals surface area contributed by atoms with Crippen LogP contribution in [0.15, 0.2) is 71.9 Å². The highest BCUT2D eigenvalue weighted by atomic mass is 32.2. The first-order valence-electron chi connectivity index (χ1n) is 10.5. The summed E-state index contributed by atoms with van der Waals surface area (Å²) in [4.78, 5) is 25.1. The van der Waals surface area contributed by atoms with Crippen molar-refractivity contribution in [1.29, 1.82) is 0 Å². The summed E-state index contributed by atoms with van der Waals surface area (Å²) >= 11 is 3.31. The van der Waals surface area contributed by atoms with Crippen LogP contribution in [0.2, 0.25) is 0 Å². The lowest BCUT2D eigenvalue weighted by molar-refractivity contribution is -0.118. The number of benzene rings is 2. The van der Waals surface area contributed by atoms with Gasteiger partial charge in [-0.1, -0.05) is 29.0 Å². The number of fused-ring (bicyclic) bond motifs is 1. The topological polar surface area (TPSA) is 55.3 Å². The molecule has 7 heteroatoms. The van der Waals surface area contributed by atoms with Crippen LogP contribution in [0.1, 0.15) is 24.0 Å². The minimum atomic E-state index is 0.0809. The monoisotopic (exact) mass is 463 g/mol. The predicted octanol–water partition coefficient (Wildman–Crippen LogP) is 6.11. The molecule has 0 aliphatic heterocycles. The van der Waals surface area contributed by atoms with Gasteiger partial charge in [-0.2, -0.15) is 0 Å². The quantitative estimate of drug-likeness (QED) is 0.221. The number of amides is 1. The van der Waals surface area contributed by atoms with Gasteiger partial charge in [0.25, 0.3) is 0 Å². The molecule has 0 radical (unpaired) electrons. The van der Waals surface area contributed by atoms with Crippen LogP contribution in [0.25, 0.3) is 10.2 Å². The maximum atomic E-state index is 13.2. The van der Waals surface area contributed by atoms with Gasteiger partial charge in [-0.25, -0.2) is 4.98 Å². The third kappa shape index (κ3) is 5.66. The Morgan fingerprint density at radius 2 is 1.88 bits per heavy atom. The predicted molar refractivity (Wildman–Crippen MR) is 133 cm³/mol. The molecule has 1 amide bonds. The van der Waals surface area contributed by atoms with Crippen molar-refractivity contribution in [3.05, 3.63) is 78.1 Å². The lowest BCUT2D eigenvalue weighted by Crippen LogP contribution is -2.30. The second-order valence-corrected chi connectivity index (χ2v) is 9.61.